The van der Waals surface area contributed by atoms with Crippen LogP contribution in [0.2, 0.25) is 0 Å². The van der Waals surface area contributed by atoms with Gasteiger partial charge in [0.1, 0.15) is 11.6 Å². The molecule has 0 aromatic heterocycles. The summed E-state index contributed by atoms with van der Waals surface area (Å²) < 4.78 is 19.1. The Bertz CT molecular complexity index is 1020. The topological polar surface area (TPSA) is 32.8 Å². The fourth-order valence-electron chi connectivity index (χ4n) is 4.13. The first kappa shape index (κ1) is 20.4. The van der Waals surface area contributed by atoms with E-state index < -0.39 is 0 Å². The van der Waals surface area contributed by atoms with E-state index in [0.717, 1.165) is 35.2 Å². The number of halogens is 1. The predicted molar refractivity (Wildman–Crippen MR) is 117 cm³/mol. The lowest BCUT2D eigenvalue weighted by Crippen LogP contribution is -2.58. The number of carbonyl (C=O) groups is 1. The maximum atomic E-state index is 13.2. The number of hydrogen-bond acceptors (Lipinski definition) is 3. The lowest BCUT2D eigenvalue weighted by atomic mass is 10.1. The Morgan fingerprint density at radius 2 is 1.70 bits per heavy atom. The summed E-state index contributed by atoms with van der Waals surface area (Å²) >= 11 is 0. The molecule has 2 atom stereocenters. The van der Waals surface area contributed by atoms with E-state index in [1.54, 1.807) is 0 Å². The fraction of sp³-hybridized carbons (Fsp3) is 0.320. The van der Waals surface area contributed by atoms with Gasteiger partial charge in [-0.25, -0.2) is 4.39 Å². The molecule has 0 spiro atoms. The Morgan fingerprint density at radius 1 is 0.967 bits per heavy atom. The van der Waals surface area contributed by atoms with Crippen molar-refractivity contribution < 1.29 is 13.9 Å². The van der Waals surface area contributed by atoms with Crippen LogP contribution in [0, 0.1) is 5.82 Å². The number of hydrogen-bond donors (Lipinski definition) is 0. The maximum absolute atomic E-state index is 13.2. The van der Waals surface area contributed by atoms with E-state index in [1.807, 2.05) is 59.5 Å². The highest BCUT2D eigenvalue weighted by atomic mass is 19.1. The third-order valence-corrected chi connectivity index (χ3v) is 5.84. The maximum Gasteiger partial charge on any atom is 0.260 e. The van der Waals surface area contributed by atoms with Crippen LogP contribution in [-0.2, 0) is 11.3 Å². The second kappa shape index (κ2) is 8.84. The largest absolute Gasteiger partial charge is 0.483 e. The second-order valence-corrected chi connectivity index (χ2v) is 8.07. The number of amides is 1. The Balaban J connectivity index is 1.37. The van der Waals surface area contributed by atoms with Crippen molar-refractivity contribution >= 4 is 16.7 Å². The number of fused-ring (bicyclic) bond motifs is 1. The second-order valence-electron chi connectivity index (χ2n) is 8.07. The molecule has 0 bridgehead atoms. The van der Waals surface area contributed by atoms with Crippen LogP contribution >= 0.6 is 0 Å². The summed E-state index contributed by atoms with van der Waals surface area (Å²) in [6, 6.07) is 20.8. The van der Waals surface area contributed by atoms with Gasteiger partial charge >= 0.3 is 0 Å². The standard InChI is InChI=1S/C25H27FN2O2/c1-18-15-28(19(2)14-27(18)16-20-10-12-22(26)13-11-20)25(29)17-30-24-9-5-7-21-6-3-4-8-23(21)24/h3-13,18-19H,14-17H2,1-2H3/t18-,19+/m0/s1. The quantitative estimate of drug-likeness (QED) is 0.626. The van der Waals surface area contributed by atoms with Gasteiger partial charge in [0, 0.05) is 37.1 Å². The van der Waals surface area contributed by atoms with Gasteiger partial charge in [0.2, 0.25) is 0 Å². The monoisotopic (exact) mass is 406 g/mol. The molecular formula is C25H27FN2O2. The van der Waals surface area contributed by atoms with Crippen molar-refractivity contribution in [2.24, 2.45) is 0 Å². The van der Waals surface area contributed by atoms with Gasteiger partial charge in [-0.2, -0.15) is 0 Å². The summed E-state index contributed by atoms with van der Waals surface area (Å²) in [7, 11) is 0. The van der Waals surface area contributed by atoms with Crippen LogP contribution in [-0.4, -0.2) is 47.5 Å². The summed E-state index contributed by atoms with van der Waals surface area (Å²) in [6.07, 6.45) is 0. The highest BCUT2D eigenvalue weighted by Crippen LogP contribution is 2.25. The first-order chi connectivity index (χ1) is 14.5. The molecule has 5 heteroatoms. The highest BCUT2D eigenvalue weighted by Gasteiger charge is 2.32. The lowest BCUT2D eigenvalue weighted by Gasteiger charge is -2.44. The van der Waals surface area contributed by atoms with E-state index in [1.165, 1.54) is 12.1 Å². The molecule has 3 aromatic carbocycles. The predicted octanol–water partition coefficient (Wildman–Crippen LogP) is 4.48. The van der Waals surface area contributed by atoms with E-state index in [-0.39, 0.29) is 30.4 Å². The highest BCUT2D eigenvalue weighted by molar-refractivity contribution is 5.88. The SMILES string of the molecule is C[C@@H]1CN(Cc2ccc(F)cc2)[C@@H](C)CN1C(=O)COc1cccc2ccccc12. The van der Waals surface area contributed by atoms with E-state index in [2.05, 4.69) is 18.7 Å². The zero-order valence-electron chi connectivity index (χ0n) is 17.4. The van der Waals surface area contributed by atoms with E-state index in [4.69, 9.17) is 4.74 Å². The summed E-state index contributed by atoms with van der Waals surface area (Å²) in [5.41, 5.74) is 1.08. The zero-order chi connectivity index (χ0) is 21.1. The number of carbonyl (C=O) groups excluding carboxylic acids is 1. The lowest BCUT2D eigenvalue weighted by molar-refractivity contribution is -0.139. The van der Waals surface area contributed by atoms with Gasteiger partial charge in [0.15, 0.2) is 6.61 Å². The molecule has 0 saturated carbocycles. The molecule has 1 saturated heterocycles. The van der Waals surface area contributed by atoms with Crippen molar-refractivity contribution in [3.63, 3.8) is 0 Å². The van der Waals surface area contributed by atoms with Crippen molar-refractivity contribution in [3.05, 3.63) is 78.1 Å². The fourth-order valence-corrected chi connectivity index (χ4v) is 4.13. The molecular weight excluding hydrogens is 379 g/mol. The number of rotatable bonds is 5. The molecule has 0 aliphatic carbocycles. The van der Waals surface area contributed by atoms with Crippen LogP contribution in [0.1, 0.15) is 19.4 Å². The Morgan fingerprint density at radius 3 is 2.50 bits per heavy atom. The number of piperazine rings is 1. The molecule has 1 aliphatic rings. The van der Waals surface area contributed by atoms with Gasteiger partial charge in [-0.05, 0) is 43.0 Å². The molecule has 4 rings (SSSR count). The minimum atomic E-state index is -0.221. The average molecular weight is 407 g/mol. The number of ether oxygens (including phenoxy) is 1. The van der Waals surface area contributed by atoms with Gasteiger partial charge in [0.25, 0.3) is 5.91 Å². The smallest absolute Gasteiger partial charge is 0.260 e. The van der Waals surface area contributed by atoms with E-state index >= 15 is 0 Å². The van der Waals surface area contributed by atoms with Crippen LogP contribution in [0.5, 0.6) is 5.75 Å². The molecule has 1 amide bonds. The van der Waals surface area contributed by atoms with Crippen LogP contribution in [0.4, 0.5) is 4.39 Å². The third kappa shape index (κ3) is 4.46. The van der Waals surface area contributed by atoms with Crippen molar-refractivity contribution in [1.82, 2.24) is 9.80 Å². The molecule has 1 heterocycles. The summed E-state index contributed by atoms with van der Waals surface area (Å²) in [5, 5.41) is 2.11. The van der Waals surface area contributed by atoms with Gasteiger partial charge in [-0.3, -0.25) is 9.69 Å². The zero-order valence-corrected chi connectivity index (χ0v) is 17.4. The molecule has 0 N–H and O–H groups in total. The molecule has 1 fully saturated rings. The summed E-state index contributed by atoms with van der Waals surface area (Å²) in [6.45, 7) is 6.41. The van der Waals surface area contributed by atoms with Crippen molar-refractivity contribution in [1.29, 1.82) is 0 Å². The summed E-state index contributed by atoms with van der Waals surface area (Å²) in [5.74, 6) is 0.516. The normalized spacial score (nSPS) is 19.8. The Labute approximate surface area is 176 Å². The minimum absolute atomic E-state index is 0.00344. The van der Waals surface area contributed by atoms with Crippen LogP contribution in [0.3, 0.4) is 0 Å². The summed E-state index contributed by atoms with van der Waals surface area (Å²) in [4.78, 5) is 17.2. The molecule has 4 nitrogen and oxygen atoms in total. The molecule has 0 radical (unpaired) electrons. The third-order valence-electron chi connectivity index (χ3n) is 5.84. The van der Waals surface area contributed by atoms with Crippen LogP contribution in [0.25, 0.3) is 10.8 Å². The van der Waals surface area contributed by atoms with Gasteiger partial charge in [-0.1, -0.05) is 48.5 Å². The average Bonchev–Trinajstić information content (AvgIpc) is 2.76. The number of benzene rings is 3. The molecule has 3 aromatic rings. The first-order valence-electron chi connectivity index (χ1n) is 10.4. The van der Waals surface area contributed by atoms with Crippen LogP contribution in [0.15, 0.2) is 66.7 Å². The van der Waals surface area contributed by atoms with Gasteiger partial charge < -0.3 is 9.64 Å². The first-order valence-corrected chi connectivity index (χ1v) is 10.4. The molecule has 30 heavy (non-hydrogen) atoms. The van der Waals surface area contributed by atoms with Crippen molar-refractivity contribution in [2.45, 2.75) is 32.5 Å². The minimum Gasteiger partial charge on any atom is -0.483 e. The Kier molecular flexibility index (Phi) is 6.00. The molecule has 1 aliphatic heterocycles. The number of nitrogens with zero attached hydrogens (tertiary/aromatic N) is 2. The molecule has 156 valence electrons. The Hall–Kier alpha value is -2.92. The van der Waals surface area contributed by atoms with Crippen molar-refractivity contribution in [3.8, 4) is 5.75 Å². The van der Waals surface area contributed by atoms with Crippen molar-refractivity contribution in [2.75, 3.05) is 19.7 Å². The van der Waals surface area contributed by atoms with E-state index in [0.29, 0.717) is 6.54 Å². The van der Waals surface area contributed by atoms with Gasteiger partial charge in [-0.15, -0.1) is 0 Å². The molecule has 0 unspecified atom stereocenters. The van der Waals surface area contributed by atoms with Gasteiger partial charge in [0.05, 0.1) is 0 Å². The van der Waals surface area contributed by atoms with E-state index in [9.17, 15) is 9.18 Å². The van der Waals surface area contributed by atoms with Crippen LogP contribution < -0.4 is 4.74 Å².